The van der Waals surface area contributed by atoms with Crippen LogP contribution in [0.25, 0.3) is 0 Å². The molecule has 1 aliphatic heterocycles. The summed E-state index contributed by atoms with van der Waals surface area (Å²) in [5, 5.41) is 5.60. The molecule has 0 saturated carbocycles. The fourth-order valence-electron chi connectivity index (χ4n) is 3.85. The number of carbonyl (C=O) groups is 3. The van der Waals surface area contributed by atoms with Crippen molar-refractivity contribution in [3.8, 4) is 0 Å². The minimum absolute atomic E-state index is 0.0637. The van der Waals surface area contributed by atoms with Crippen LogP contribution in [0.15, 0.2) is 53.0 Å². The number of ether oxygens (including phenoxy) is 1. The average molecular weight is 520 g/mol. The van der Waals surface area contributed by atoms with Gasteiger partial charge in [-0.05, 0) is 61.2 Å². The predicted molar refractivity (Wildman–Crippen MR) is 125 cm³/mol. The van der Waals surface area contributed by atoms with Crippen LogP contribution in [-0.2, 0) is 9.53 Å². The Balaban J connectivity index is 1.67. The van der Waals surface area contributed by atoms with E-state index in [1.807, 2.05) is 12.1 Å². The Morgan fingerprint density at radius 1 is 1.12 bits per heavy atom. The molecule has 33 heavy (non-hydrogen) atoms. The van der Waals surface area contributed by atoms with Gasteiger partial charge in [-0.25, -0.2) is 4.39 Å². The molecule has 2 aromatic carbocycles. The molecule has 0 radical (unpaired) electrons. The Bertz CT molecular complexity index is 978. The monoisotopic (exact) mass is 519 g/mol. The molecule has 0 aromatic heterocycles. The lowest BCUT2D eigenvalue weighted by atomic mass is 9.88. The number of methoxy groups -OCH3 is 1. The summed E-state index contributed by atoms with van der Waals surface area (Å²) >= 11 is 3.39. The van der Waals surface area contributed by atoms with Crippen molar-refractivity contribution >= 4 is 33.7 Å². The van der Waals surface area contributed by atoms with Crippen LogP contribution in [0.2, 0.25) is 0 Å². The minimum atomic E-state index is -0.775. The fourth-order valence-corrected chi connectivity index (χ4v) is 4.25. The van der Waals surface area contributed by atoms with Gasteiger partial charge in [0.25, 0.3) is 11.8 Å². The van der Waals surface area contributed by atoms with Crippen LogP contribution in [0.4, 0.5) is 4.39 Å². The number of likely N-dealkylation sites (tertiary alicyclic amines) is 1. The van der Waals surface area contributed by atoms with E-state index in [2.05, 4.69) is 26.6 Å². The average Bonchev–Trinajstić information content (AvgIpc) is 2.82. The van der Waals surface area contributed by atoms with Gasteiger partial charge in [0.05, 0.1) is 6.61 Å². The number of hydrogen-bond donors (Lipinski definition) is 2. The molecule has 0 aliphatic carbocycles. The van der Waals surface area contributed by atoms with Crippen molar-refractivity contribution < 1.29 is 23.5 Å². The molecule has 1 unspecified atom stereocenters. The highest BCUT2D eigenvalue weighted by atomic mass is 79.9. The summed E-state index contributed by atoms with van der Waals surface area (Å²) < 4.78 is 19.0. The first kappa shape index (κ1) is 24.9. The lowest BCUT2D eigenvalue weighted by Gasteiger charge is -2.36. The summed E-state index contributed by atoms with van der Waals surface area (Å²) in [6, 6.07) is 11.6. The van der Waals surface area contributed by atoms with E-state index < -0.39 is 17.8 Å². The second kappa shape index (κ2) is 11.9. The normalized spacial score (nSPS) is 15.1. The third-order valence-electron chi connectivity index (χ3n) is 5.65. The molecular formula is C24H27BrFN3O4. The highest BCUT2D eigenvalue weighted by Gasteiger charge is 2.34. The first-order chi connectivity index (χ1) is 15.9. The Hall–Kier alpha value is -2.78. The van der Waals surface area contributed by atoms with E-state index >= 15 is 0 Å². The van der Waals surface area contributed by atoms with Crippen molar-refractivity contribution in [2.75, 3.05) is 33.4 Å². The number of benzene rings is 2. The van der Waals surface area contributed by atoms with E-state index in [0.29, 0.717) is 44.6 Å². The number of nitrogens with one attached hydrogen (secondary N) is 2. The maximum atomic E-state index is 13.2. The van der Waals surface area contributed by atoms with Gasteiger partial charge < -0.3 is 20.3 Å². The molecule has 1 aliphatic rings. The van der Waals surface area contributed by atoms with Crippen molar-refractivity contribution in [1.82, 2.24) is 15.5 Å². The Morgan fingerprint density at radius 2 is 1.82 bits per heavy atom. The summed E-state index contributed by atoms with van der Waals surface area (Å²) in [6.45, 7) is 1.62. The first-order valence-electron chi connectivity index (χ1n) is 10.8. The zero-order valence-electron chi connectivity index (χ0n) is 18.4. The van der Waals surface area contributed by atoms with E-state index in [9.17, 15) is 18.8 Å². The van der Waals surface area contributed by atoms with Crippen LogP contribution in [0.1, 0.15) is 33.6 Å². The molecule has 1 fully saturated rings. The number of nitrogens with zero attached hydrogens (tertiary/aromatic N) is 1. The number of rotatable bonds is 8. The second-order valence-electron chi connectivity index (χ2n) is 7.88. The fraction of sp³-hybridized carbons (Fsp3) is 0.375. The summed E-state index contributed by atoms with van der Waals surface area (Å²) in [6.07, 6.45) is 1.12. The zero-order chi connectivity index (χ0) is 23.8. The van der Waals surface area contributed by atoms with Crippen molar-refractivity contribution in [2.45, 2.75) is 18.9 Å². The lowest BCUT2D eigenvalue weighted by Crippen LogP contribution is -2.54. The number of amides is 3. The van der Waals surface area contributed by atoms with Crippen molar-refractivity contribution in [3.63, 3.8) is 0 Å². The van der Waals surface area contributed by atoms with Gasteiger partial charge in [-0.2, -0.15) is 0 Å². The van der Waals surface area contributed by atoms with Gasteiger partial charge in [0, 0.05) is 42.3 Å². The van der Waals surface area contributed by atoms with Crippen molar-refractivity contribution in [3.05, 3.63) is 69.9 Å². The standard InChI is InChI=1S/C24H27BrFN3O4/c1-33-14-11-27-23(31)21(28-22(30)17-5-7-20(26)8-6-17)16-9-12-29(13-10-16)24(32)18-3-2-4-19(25)15-18/h2-8,15-16,21H,9-14H2,1H3,(H,27,31)(H,28,30). The highest BCUT2D eigenvalue weighted by Crippen LogP contribution is 2.24. The number of carbonyl (C=O) groups excluding carboxylic acids is 3. The molecule has 2 aromatic rings. The third-order valence-corrected chi connectivity index (χ3v) is 6.14. The van der Waals surface area contributed by atoms with Gasteiger partial charge in [0.15, 0.2) is 0 Å². The third kappa shape index (κ3) is 6.85. The molecule has 9 heteroatoms. The summed E-state index contributed by atoms with van der Waals surface area (Å²) in [7, 11) is 1.54. The topological polar surface area (TPSA) is 87.7 Å². The quantitative estimate of drug-likeness (QED) is 0.524. The molecule has 3 amide bonds. The van der Waals surface area contributed by atoms with Crippen LogP contribution in [-0.4, -0.2) is 62.0 Å². The molecule has 7 nitrogen and oxygen atoms in total. The Morgan fingerprint density at radius 3 is 2.45 bits per heavy atom. The molecule has 1 atom stereocenters. The molecule has 3 rings (SSSR count). The molecule has 1 saturated heterocycles. The molecule has 176 valence electrons. The molecular weight excluding hydrogens is 493 g/mol. The molecule has 1 heterocycles. The van der Waals surface area contributed by atoms with Gasteiger partial charge in [-0.3, -0.25) is 14.4 Å². The minimum Gasteiger partial charge on any atom is -0.383 e. The Kier molecular flexibility index (Phi) is 8.96. The van der Waals surface area contributed by atoms with E-state index in [4.69, 9.17) is 4.74 Å². The number of halogens is 2. The van der Waals surface area contributed by atoms with E-state index in [0.717, 1.165) is 4.47 Å². The van der Waals surface area contributed by atoms with Crippen LogP contribution in [0, 0.1) is 11.7 Å². The molecule has 2 N–H and O–H groups in total. The summed E-state index contributed by atoms with van der Waals surface area (Å²) in [5.74, 6) is -1.41. The lowest BCUT2D eigenvalue weighted by molar-refractivity contribution is -0.124. The molecule has 0 bridgehead atoms. The van der Waals surface area contributed by atoms with Gasteiger partial charge in [-0.1, -0.05) is 22.0 Å². The maximum absolute atomic E-state index is 13.2. The molecule has 0 spiro atoms. The predicted octanol–water partition coefficient (Wildman–Crippen LogP) is 3.00. The largest absolute Gasteiger partial charge is 0.383 e. The number of hydrogen-bond acceptors (Lipinski definition) is 4. The van der Waals surface area contributed by atoms with Crippen LogP contribution < -0.4 is 10.6 Å². The zero-order valence-corrected chi connectivity index (χ0v) is 19.9. The van der Waals surface area contributed by atoms with Gasteiger partial charge in [0.1, 0.15) is 11.9 Å². The first-order valence-corrected chi connectivity index (χ1v) is 11.6. The second-order valence-corrected chi connectivity index (χ2v) is 8.80. The van der Waals surface area contributed by atoms with E-state index in [1.165, 1.54) is 31.4 Å². The Labute approximate surface area is 200 Å². The van der Waals surface area contributed by atoms with Crippen LogP contribution in [0.3, 0.4) is 0 Å². The van der Waals surface area contributed by atoms with Gasteiger partial charge >= 0.3 is 0 Å². The van der Waals surface area contributed by atoms with Crippen molar-refractivity contribution in [2.24, 2.45) is 5.92 Å². The van der Waals surface area contributed by atoms with E-state index in [-0.39, 0.29) is 23.3 Å². The number of piperidine rings is 1. The van der Waals surface area contributed by atoms with Crippen molar-refractivity contribution in [1.29, 1.82) is 0 Å². The van der Waals surface area contributed by atoms with Gasteiger partial charge in [0.2, 0.25) is 5.91 Å². The van der Waals surface area contributed by atoms with E-state index in [1.54, 1.807) is 17.0 Å². The van der Waals surface area contributed by atoms with Crippen LogP contribution >= 0.6 is 15.9 Å². The SMILES string of the molecule is COCCNC(=O)C(NC(=O)c1ccc(F)cc1)C1CCN(C(=O)c2cccc(Br)c2)CC1. The van der Waals surface area contributed by atoms with Gasteiger partial charge in [-0.15, -0.1) is 0 Å². The smallest absolute Gasteiger partial charge is 0.253 e. The van der Waals surface area contributed by atoms with Crippen LogP contribution in [0.5, 0.6) is 0 Å². The highest BCUT2D eigenvalue weighted by molar-refractivity contribution is 9.10. The summed E-state index contributed by atoms with van der Waals surface area (Å²) in [5.41, 5.74) is 0.870. The maximum Gasteiger partial charge on any atom is 0.253 e. The summed E-state index contributed by atoms with van der Waals surface area (Å²) in [4.78, 5) is 40.2.